The minimum Gasteiger partial charge on any atom is -0.396 e. The topological polar surface area (TPSA) is 40.5 Å². The summed E-state index contributed by atoms with van der Waals surface area (Å²) in [4.78, 5) is 9.61. The van der Waals surface area contributed by atoms with Crippen molar-refractivity contribution in [1.82, 2.24) is 0 Å². The molecule has 2 N–H and O–H groups in total. The fraction of sp³-hybridized carbons (Fsp3) is 0.333. The fourth-order valence-electron chi connectivity index (χ4n) is 0.950. The molecule has 0 heterocycles. The Hall–Kier alpha value is -0.430. The van der Waals surface area contributed by atoms with E-state index in [0.29, 0.717) is 12.6 Å². The summed E-state index contributed by atoms with van der Waals surface area (Å²) in [6.45, 7) is 0.159. The van der Waals surface area contributed by atoms with E-state index in [9.17, 15) is 4.89 Å². The smallest absolute Gasteiger partial charge is 0.0564 e. The van der Waals surface area contributed by atoms with Crippen LogP contribution in [0.3, 0.4) is 0 Å². The Morgan fingerprint density at radius 1 is 1.17 bits per heavy atom. The minimum atomic E-state index is -1.04. The highest BCUT2D eigenvalue weighted by Gasteiger charge is 2.04. The summed E-state index contributed by atoms with van der Waals surface area (Å²) in [6.07, 6.45) is 1.37. The zero-order chi connectivity index (χ0) is 8.81. The van der Waals surface area contributed by atoms with Gasteiger partial charge in [-0.1, -0.05) is 30.3 Å². The SMILES string of the molecule is OCCCP(O)c1ccccc1. The van der Waals surface area contributed by atoms with E-state index in [-0.39, 0.29) is 6.61 Å². The van der Waals surface area contributed by atoms with Gasteiger partial charge in [-0.3, -0.25) is 0 Å². The van der Waals surface area contributed by atoms with Gasteiger partial charge in [0.2, 0.25) is 0 Å². The molecule has 66 valence electrons. The van der Waals surface area contributed by atoms with Crippen LogP contribution in [0.1, 0.15) is 6.42 Å². The molecule has 0 spiro atoms. The number of aliphatic hydroxyl groups excluding tert-OH is 1. The van der Waals surface area contributed by atoms with Crippen molar-refractivity contribution in [3.8, 4) is 0 Å². The molecule has 0 aliphatic carbocycles. The molecule has 2 nitrogen and oxygen atoms in total. The predicted molar refractivity (Wildman–Crippen MR) is 51.8 cm³/mol. The van der Waals surface area contributed by atoms with E-state index in [1.165, 1.54) is 0 Å². The maximum absolute atomic E-state index is 9.61. The van der Waals surface area contributed by atoms with E-state index in [2.05, 4.69) is 0 Å². The molecule has 0 saturated heterocycles. The van der Waals surface area contributed by atoms with Crippen molar-refractivity contribution in [2.45, 2.75) is 6.42 Å². The van der Waals surface area contributed by atoms with E-state index in [1.807, 2.05) is 30.3 Å². The van der Waals surface area contributed by atoms with Gasteiger partial charge in [0, 0.05) is 11.9 Å². The first-order valence-electron chi connectivity index (χ1n) is 3.97. The van der Waals surface area contributed by atoms with Gasteiger partial charge in [0.1, 0.15) is 0 Å². The maximum Gasteiger partial charge on any atom is 0.0564 e. The summed E-state index contributed by atoms with van der Waals surface area (Å²) < 4.78 is 0. The number of hydrogen-bond donors (Lipinski definition) is 2. The van der Waals surface area contributed by atoms with Crippen LogP contribution in [0.2, 0.25) is 0 Å². The normalized spacial score (nSPS) is 12.8. The molecule has 0 aliphatic heterocycles. The van der Waals surface area contributed by atoms with Gasteiger partial charge in [0.05, 0.1) is 8.15 Å². The Bertz CT molecular complexity index is 213. The Morgan fingerprint density at radius 2 is 1.83 bits per heavy atom. The van der Waals surface area contributed by atoms with Gasteiger partial charge in [0.15, 0.2) is 0 Å². The van der Waals surface area contributed by atoms with E-state index in [1.54, 1.807) is 0 Å². The number of aliphatic hydroxyl groups is 1. The molecule has 1 unspecified atom stereocenters. The molecule has 0 bridgehead atoms. The summed E-state index contributed by atoms with van der Waals surface area (Å²) in [6, 6.07) is 9.60. The molecule has 1 atom stereocenters. The number of benzene rings is 1. The highest BCUT2D eigenvalue weighted by molar-refractivity contribution is 7.59. The third-order valence-electron chi connectivity index (χ3n) is 1.58. The van der Waals surface area contributed by atoms with Gasteiger partial charge in [-0.05, 0) is 12.6 Å². The fourth-order valence-corrected chi connectivity index (χ4v) is 2.17. The zero-order valence-corrected chi connectivity index (χ0v) is 7.74. The Kier molecular flexibility index (Phi) is 4.23. The first kappa shape index (κ1) is 9.66. The number of hydrogen-bond acceptors (Lipinski definition) is 2. The largest absolute Gasteiger partial charge is 0.396 e. The molecule has 0 aromatic heterocycles. The summed E-state index contributed by atoms with van der Waals surface area (Å²) in [5.74, 6) is 0. The van der Waals surface area contributed by atoms with Crippen molar-refractivity contribution in [2.24, 2.45) is 0 Å². The lowest BCUT2D eigenvalue weighted by Crippen LogP contribution is -2.02. The van der Waals surface area contributed by atoms with Crippen LogP contribution in [0.4, 0.5) is 0 Å². The summed E-state index contributed by atoms with van der Waals surface area (Å²) in [7, 11) is -1.04. The second-order valence-electron chi connectivity index (χ2n) is 2.54. The Labute approximate surface area is 73.7 Å². The lowest BCUT2D eigenvalue weighted by molar-refractivity contribution is 0.295. The van der Waals surface area contributed by atoms with Gasteiger partial charge >= 0.3 is 0 Å². The van der Waals surface area contributed by atoms with Crippen molar-refractivity contribution < 1.29 is 10.00 Å². The molecule has 0 saturated carbocycles. The lowest BCUT2D eigenvalue weighted by Gasteiger charge is -2.08. The van der Waals surface area contributed by atoms with E-state index in [0.717, 1.165) is 5.30 Å². The highest BCUT2D eigenvalue weighted by atomic mass is 31.1. The van der Waals surface area contributed by atoms with Gasteiger partial charge in [-0.2, -0.15) is 0 Å². The molecule has 12 heavy (non-hydrogen) atoms. The van der Waals surface area contributed by atoms with Crippen LogP contribution in [0.25, 0.3) is 0 Å². The Morgan fingerprint density at radius 3 is 2.42 bits per heavy atom. The van der Waals surface area contributed by atoms with Gasteiger partial charge in [0.25, 0.3) is 0 Å². The van der Waals surface area contributed by atoms with Crippen molar-refractivity contribution >= 4 is 13.5 Å². The molecule has 0 radical (unpaired) electrons. The monoisotopic (exact) mass is 184 g/mol. The van der Waals surface area contributed by atoms with Crippen LogP contribution in [0.15, 0.2) is 30.3 Å². The van der Waals surface area contributed by atoms with Crippen LogP contribution in [0.5, 0.6) is 0 Å². The molecule has 1 aromatic carbocycles. The van der Waals surface area contributed by atoms with Crippen molar-refractivity contribution in [3.63, 3.8) is 0 Å². The lowest BCUT2D eigenvalue weighted by atomic mass is 10.4. The second-order valence-corrected chi connectivity index (χ2v) is 4.30. The van der Waals surface area contributed by atoms with Crippen molar-refractivity contribution in [2.75, 3.05) is 12.8 Å². The standard InChI is InChI=1S/C9H13O2P/c10-7-4-8-12(11)9-5-2-1-3-6-9/h1-3,5-6,10-11H,4,7-8H2. The molecule has 0 aliphatic rings. The summed E-state index contributed by atoms with van der Waals surface area (Å²) >= 11 is 0. The quantitative estimate of drug-likeness (QED) is 0.687. The second kappa shape index (κ2) is 5.26. The average molecular weight is 184 g/mol. The molecule has 0 amide bonds. The average Bonchev–Trinajstić information content (AvgIpc) is 2.15. The Balaban J connectivity index is 2.48. The van der Waals surface area contributed by atoms with E-state index >= 15 is 0 Å². The van der Waals surface area contributed by atoms with Crippen LogP contribution in [-0.2, 0) is 0 Å². The van der Waals surface area contributed by atoms with Crippen LogP contribution in [0, 0.1) is 0 Å². The molecule has 1 rings (SSSR count). The first-order chi connectivity index (χ1) is 5.84. The van der Waals surface area contributed by atoms with E-state index in [4.69, 9.17) is 5.11 Å². The molecule has 3 heteroatoms. The minimum absolute atomic E-state index is 0.159. The third-order valence-corrected chi connectivity index (χ3v) is 3.22. The van der Waals surface area contributed by atoms with Crippen LogP contribution in [-0.4, -0.2) is 22.8 Å². The van der Waals surface area contributed by atoms with Crippen molar-refractivity contribution in [1.29, 1.82) is 0 Å². The van der Waals surface area contributed by atoms with Gasteiger partial charge in [-0.25, -0.2) is 0 Å². The summed E-state index contributed by atoms with van der Waals surface area (Å²) in [5.41, 5.74) is 0. The predicted octanol–water partition coefficient (Wildman–Crippen LogP) is 1.08. The molecule has 0 fully saturated rings. The first-order valence-corrected chi connectivity index (χ1v) is 5.45. The molecular formula is C9H13O2P. The zero-order valence-electron chi connectivity index (χ0n) is 6.85. The van der Waals surface area contributed by atoms with Crippen molar-refractivity contribution in [3.05, 3.63) is 30.3 Å². The highest BCUT2D eigenvalue weighted by Crippen LogP contribution is 2.28. The van der Waals surface area contributed by atoms with Gasteiger partial charge < -0.3 is 10.00 Å². The van der Waals surface area contributed by atoms with Crippen LogP contribution >= 0.6 is 8.15 Å². The third kappa shape index (κ3) is 2.90. The summed E-state index contributed by atoms with van der Waals surface area (Å²) in [5, 5.41) is 9.55. The van der Waals surface area contributed by atoms with Crippen LogP contribution < -0.4 is 5.30 Å². The molecular weight excluding hydrogens is 171 g/mol. The van der Waals surface area contributed by atoms with E-state index < -0.39 is 8.15 Å². The number of rotatable bonds is 4. The maximum atomic E-state index is 9.61. The molecule has 1 aromatic rings. The van der Waals surface area contributed by atoms with Gasteiger partial charge in [-0.15, -0.1) is 0 Å².